The maximum absolute atomic E-state index is 13.1. The minimum Gasteiger partial charge on any atom is -0.457 e. The van der Waals surface area contributed by atoms with E-state index in [2.05, 4.69) is 0 Å². The Morgan fingerprint density at radius 1 is 1.10 bits per heavy atom. The first kappa shape index (κ1) is 17.6. The summed E-state index contributed by atoms with van der Waals surface area (Å²) in [4.78, 5) is 29.8. The molecule has 1 aliphatic carbocycles. The van der Waals surface area contributed by atoms with Gasteiger partial charge in [-0.2, -0.15) is 0 Å². The lowest BCUT2D eigenvalue weighted by molar-refractivity contribution is 0.0475. The van der Waals surface area contributed by atoms with Crippen molar-refractivity contribution in [3.8, 4) is 0 Å². The average Bonchev–Trinajstić information content (AvgIpc) is 3.17. The first-order valence-electron chi connectivity index (χ1n) is 9.71. The molecule has 0 N–H and O–H groups in total. The third-order valence-corrected chi connectivity index (χ3v) is 5.47. The number of carbonyl (C=O) groups excluding carboxylic acids is 1. The molecular formula is C24H19NO4. The predicted octanol–water partition coefficient (Wildman–Crippen LogP) is 4.50. The van der Waals surface area contributed by atoms with E-state index < -0.39 is 5.63 Å². The van der Waals surface area contributed by atoms with Gasteiger partial charge in [0.1, 0.15) is 12.2 Å². The molecule has 0 bridgehead atoms. The van der Waals surface area contributed by atoms with Crippen LogP contribution < -0.4 is 5.63 Å². The summed E-state index contributed by atoms with van der Waals surface area (Å²) in [5.74, 6) is -0.379. The second kappa shape index (κ2) is 6.85. The molecule has 5 heteroatoms. The van der Waals surface area contributed by atoms with Gasteiger partial charge in [-0.3, -0.25) is 4.98 Å². The van der Waals surface area contributed by atoms with Crippen LogP contribution in [-0.4, -0.2) is 11.0 Å². The molecule has 4 aromatic rings. The monoisotopic (exact) mass is 385 g/mol. The third kappa shape index (κ3) is 3.09. The van der Waals surface area contributed by atoms with Crippen molar-refractivity contribution in [3.63, 3.8) is 0 Å². The Morgan fingerprint density at radius 3 is 2.86 bits per heavy atom. The Morgan fingerprint density at radius 2 is 1.97 bits per heavy atom. The molecule has 0 saturated heterocycles. The topological polar surface area (TPSA) is 69.4 Å². The number of hydrogen-bond acceptors (Lipinski definition) is 5. The van der Waals surface area contributed by atoms with Gasteiger partial charge >= 0.3 is 11.6 Å². The van der Waals surface area contributed by atoms with E-state index in [1.807, 2.05) is 49.4 Å². The SMILES string of the molecule is Cc1ccc2c(COC(=O)c3c4c(nc5ccccc35)CCC4)cc(=O)oc2c1. The van der Waals surface area contributed by atoms with Crippen LogP contribution in [0.3, 0.4) is 0 Å². The number of esters is 1. The third-order valence-electron chi connectivity index (χ3n) is 5.47. The van der Waals surface area contributed by atoms with Crippen LogP contribution in [0.1, 0.15) is 39.2 Å². The molecule has 0 saturated carbocycles. The fraction of sp³-hybridized carbons (Fsp3) is 0.208. The molecule has 0 fully saturated rings. The van der Waals surface area contributed by atoms with Crippen molar-refractivity contribution in [2.24, 2.45) is 0 Å². The normalized spacial score (nSPS) is 13.0. The van der Waals surface area contributed by atoms with E-state index in [0.29, 0.717) is 16.7 Å². The quantitative estimate of drug-likeness (QED) is 0.384. The summed E-state index contributed by atoms with van der Waals surface area (Å²) in [5, 5.41) is 1.58. The van der Waals surface area contributed by atoms with E-state index in [9.17, 15) is 9.59 Å². The maximum Gasteiger partial charge on any atom is 0.339 e. The first-order valence-corrected chi connectivity index (χ1v) is 9.71. The minimum atomic E-state index is -0.454. The highest BCUT2D eigenvalue weighted by atomic mass is 16.5. The van der Waals surface area contributed by atoms with E-state index in [-0.39, 0.29) is 12.6 Å². The molecule has 2 aromatic heterocycles. The lowest BCUT2D eigenvalue weighted by atomic mass is 10.0. The number of hydrogen-bond donors (Lipinski definition) is 0. The smallest absolute Gasteiger partial charge is 0.339 e. The standard InChI is InChI=1S/C24H19NO4/c1-14-9-10-16-15(12-22(26)29-21(16)11-14)13-28-24(27)23-17-5-2-3-7-19(17)25-20-8-4-6-18(20)23/h2-3,5,7,9-12H,4,6,8,13H2,1H3. The van der Waals surface area contributed by atoms with Gasteiger partial charge in [0.2, 0.25) is 0 Å². The van der Waals surface area contributed by atoms with Gasteiger partial charge in [0.05, 0.1) is 11.1 Å². The van der Waals surface area contributed by atoms with Crippen LogP contribution in [0.4, 0.5) is 0 Å². The van der Waals surface area contributed by atoms with Crippen molar-refractivity contribution >= 4 is 27.8 Å². The Balaban J connectivity index is 1.53. The summed E-state index contributed by atoms with van der Waals surface area (Å²) in [7, 11) is 0. The fourth-order valence-corrected chi connectivity index (χ4v) is 4.12. The summed E-state index contributed by atoms with van der Waals surface area (Å²) >= 11 is 0. The van der Waals surface area contributed by atoms with Gasteiger partial charge < -0.3 is 9.15 Å². The second-order valence-corrected chi connectivity index (χ2v) is 7.45. The van der Waals surface area contributed by atoms with Crippen molar-refractivity contribution < 1.29 is 13.9 Å². The fourth-order valence-electron chi connectivity index (χ4n) is 4.12. The summed E-state index contributed by atoms with van der Waals surface area (Å²) in [5.41, 5.74) is 5.06. The number of aryl methyl sites for hydroxylation is 2. The largest absolute Gasteiger partial charge is 0.457 e. The number of ether oxygens (including phenoxy) is 1. The van der Waals surface area contributed by atoms with Crippen LogP contribution in [0.25, 0.3) is 21.9 Å². The predicted molar refractivity (Wildman–Crippen MR) is 110 cm³/mol. The van der Waals surface area contributed by atoms with Crippen LogP contribution in [0.5, 0.6) is 0 Å². The van der Waals surface area contributed by atoms with Crippen molar-refractivity contribution in [2.75, 3.05) is 0 Å². The number of pyridine rings is 1. The minimum absolute atomic E-state index is 0.00934. The summed E-state index contributed by atoms with van der Waals surface area (Å²) in [6.07, 6.45) is 2.70. The highest BCUT2D eigenvalue weighted by Crippen LogP contribution is 2.31. The van der Waals surface area contributed by atoms with Crippen LogP contribution in [0.2, 0.25) is 0 Å². The summed E-state index contributed by atoms with van der Waals surface area (Å²) in [6.45, 7) is 1.94. The summed E-state index contributed by atoms with van der Waals surface area (Å²) < 4.78 is 11.0. The van der Waals surface area contributed by atoms with Gasteiger partial charge in [0, 0.05) is 28.1 Å². The highest BCUT2D eigenvalue weighted by molar-refractivity contribution is 6.05. The molecule has 0 unspecified atom stereocenters. The van der Waals surface area contributed by atoms with E-state index in [4.69, 9.17) is 14.1 Å². The number of para-hydroxylation sites is 1. The van der Waals surface area contributed by atoms with E-state index >= 15 is 0 Å². The molecule has 0 atom stereocenters. The van der Waals surface area contributed by atoms with Gasteiger partial charge in [-0.05, 0) is 49.4 Å². The Labute approximate surface area is 166 Å². The lowest BCUT2D eigenvalue weighted by Gasteiger charge is -2.13. The molecule has 1 aliphatic rings. The van der Waals surface area contributed by atoms with Gasteiger partial charge in [-0.1, -0.05) is 30.3 Å². The number of rotatable bonds is 3. The van der Waals surface area contributed by atoms with Gasteiger partial charge in [-0.15, -0.1) is 0 Å². The van der Waals surface area contributed by atoms with Crippen molar-refractivity contribution in [3.05, 3.63) is 86.9 Å². The van der Waals surface area contributed by atoms with Crippen molar-refractivity contribution in [1.29, 1.82) is 0 Å². The molecule has 0 radical (unpaired) electrons. The molecule has 2 aromatic carbocycles. The van der Waals surface area contributed by atoms with Crippen molar-refractivity contribution in [2.45, 2.75) is 32.8 Å². The molecule has 29 heavy (non-hydrogen) atoms. The van der Waals surface area contributed by atoms with Crippen LogP contribution in [-0.2, 0) is 24.2 Å². The molecule has 0 aliphatic heterocycles. The zero-order valence-corrected chi connectivity index (χ0v) is 16.0. The number of nitrogens with zero attached hydrogens (tertiary/aromatic N) is 1. The Kier molecular flexibility index (Phi) is 4.16. The van der Waals surface area contributed by atoms with Gasteiger partial charge in [0.25, 0.3) is 0 Å². The molecule has 0 spiro atoms. The molecule has 5 nitrogen and oxygen atoms in total. The summed E-state index contributed by atoms with van der Waals surface area (Å²) in [6, 6.07) is 14.7. The second-order valence-electron chi connectivity index (χ2n) is 7.45. The number of benzene rings is 2. The van der Waals surface area contributed by atoms with Crippen LogP contribution in [0.15, 0.2) is 57.7 Å². The lowest BCUT2D eigenvalue weighted by Crippen LogP contribution is -2.11. The van der Waals surface area contributed by atoms with Crippen LogP contribution >= 0.6 is 0 Å². The molecule has 144 valence electrons. The number of carbonyl (C=O) groups is 1. The van der Waals surface area contributed by atoms with Gasteiger partial charge in [0.15, 0.2) is 0 Å². The van der Waals surface area contributed by atoms with Gasteiger partial charge in [-0.25, -0.2) is 9.59 Å². The molecule has 5 rings (SSSR count). The van der Waals surface area contributed by atoms with Crippen molar-refractivity contribution in [1.82, 2.24) is 4.98 Å². The number of aromatic nitrogens is 1. The Hall–Kier alpha value is -3.47. The van der Waals surface area contributed by atoms with E-state index in [1.165, 1.54) is 6.07 Å². The van der Waals surface area contributed by atoms with Crippen LogP contribution in [0, 0.1) is 6.92 Å². The van der Waals surface area contributed by atoms with E-state index in [1.54, 1.807) is 0 Å². The average molecular weight is 385 g/mol. The number of fused-ring (bicyclic) bond motifs is 3. The zero-order chi connectivity index (χ0) is 20.0. The first-order chi connectivity index (χ1) is 14.1. The maximum atomic E-state index is 13.1. The van der Waals surface area contributed by atoms with E-state index in [0.717, 1.165) is 52.4 Å². The molecular weight excluding hydrogens is 366 g/mol. The Bertz CT molecular complexity index is 1340. The highest BCUT2D eigenvalue weighted by Gasteiger charge is 2.24. The molecule has 2 heterocycles. The molecule has 0 amide bonds. The zero-order valence-electron chi connectivity index (χ0n) is 16.0.